The van der Waals surface area contributed by atoms with Crippen LogP contribution in [0.25, 0.3) is 11.0 Å². The maximum absolute atomic E-state index is 12.7. The molecule has 0 saturated carbocycles. The fourth-order valence-electron chi connectivity index (χ4n) is 4.29. The third-order valence-electron chi connectivity index (χ3n) is 6.29. The summed E-state index contributed by atoms with van der Waals surface area (Å²) in [7, 11) is 1.92. The van der Waals surface area contributed by atoms with Crippen LogP contribution in [0.3, 0.4) is 0 Å². The summed E-state index contributed by atoms with van der Waals surface area (Å²) in [5.74, 6) is 0.938. The monoisotopic (exact) mass is 462 g/mol. The number of nitrogens with zero attached hydrogens (tertiary/aromatic N) is 6. The maximum atomic E-state index is 12.7. The van der Waals surface area contributed by atoms with E-state index in [0.717, 1.165) is 12.0 Å². The highest BCUT2D eigenvalue weighted by molar-refractivity contribution is 5.93. The quantitative estimate of drug-likeness (QED) is 0.614. The molecule has 3 aromatic rings. The summed E-state index contributed by atoms with van der Waals surface area (Å²) < 4.78 is 6.75. The smallest absolute Gasteiger partial charge is 0.420 e. The van der Waals surface area contributed by atoms with E-state index in [1.807, 2.05) is 18.0 Å². The minimum absolute atomic E-state index is 0.000657. The molecule has 0 aliphatic carbocycles. The van der Waals surface area contributed by atoms with Crippen LogP contribution >= 0.6 is 0 Å². The van der Waals surface area contributed by atoms with Gasteiger partial charge in [0.05, 0.1) is 17.5 Å². The van der Waals surface area contributed by atoms with Gasteiger partial charge in [0.2, 0.25) is 5.91 Å². The van der Waals surface area contributed by atoms with Gasteiger partial charge in [-0.3, -0.25) is 4.79 Å². The van der Waals surface area contributed by atoms with Crippen molar-refractivity contribution in [3.05, 3.63) is 48.4 Å². The highest BCUT2D eigenvalue weighted by Gasteiger charge is 2.33. The number of phenolic OH excluding ortho intramolecular Hbond substituents is 1. The van der Waals surface area contributed by atoms with Crippen LogP contribution in [0, 0.1) is 17.2 Å². The number of aromatic hydroxyl groups is 1. The van der Waals surface area contributed by atoms with Crippen LogP contribution in [-0.4, -0.2) is 62.7 Å². The van der Waals surface area contributed by atoms with Crippen molar-refractivity contribution in [3.8, 4) is 11.8 Å². The predicted molar refractivity (Wildman–Crippen MR) is 124 cm³/mol. The van der Waals surface area contributed by atoms with Crippen molar-refractivity contribution in [2.75, 3.05) is 25.0 Å². The standard InChI is InChI=1S/C24H26N6O4/c1-16-8-11-29(21(32)7-10-25)13-20(16)28(2)22-19-9-12-30(23(19)27-15-26-22)24(33)34-14-17-3-5-18(31)6-4-17/h3-6,9,12,15-16,20,31H,7-8,11,13-14H2,1-2H3/t16-,20+/m1/s1. The van der Waals surface area contributed by atoms with E-state index in [1.165, 1.54) is 23.0 Å². The van der Waals surface area contributed by atoms with Gasteiger partial charge >= 0.3 is 6.09 Å². The van der Waals surface area contributed by atoms with Gasteiger partial charge in [0, 0.05) is 26.3 Å². The first-order chi connectivity index (χ1) is 16.4. The van der Waals surface area contributed by atoms with E-state index in [2.05, 4.69) is 16.9 Å². The number of hydrogen-bond donors (Lipinski definition) is 1. The molecule has 34 heavy (non-hydrogen) atoms. The third kappa shape index (κ3) is 4.64. The summed E-state index contributed by atoms with van der Waals surface area (Å²) in [6.07, 6.45) is 3.13. The first kappa shape index (κ1) is 23.0. The molecule has 1 fully saturated rings. The molecule has 2 aromatic heterocycles. The van der Waals surface area contributed by atoms with Crippen molar-refractivity contribution in [3.63, 3.8) is 0 Å². The molecule has 1 N–H and O–H groups in total. The molecule has 0 spiro atoms. The third-order valence-corrected chi connectivity index (χ3v) is 6.29. The van der Waals surface area contributed by atoms with Crippen molar-refractivity contribution >= 4 is 28.9 Å². The van der Waals surface area contributed by atoms with Crippen LogP contribution in [0.2, 0.25) is 0 Å². The zero-order valence-corrected chi connectivity index (χ0v) is 19.1. The largest absolute Gasteiger partial charge is 0.508 e. The molecule has 1 amide bonds. The van der Waals surface area contributed by atoms with Crippen LogP contribution in [0.4, 0.5) is 10.6 Å². The molecule has 1 saturated heterocycles. The van der Waals surface area contributed by atoms with E-state index in [0.29, 0.717) is 35.9 Å². The topological polar surface area (TPSA) is 125 Å². The van der Waals surface area contributed by atoms with E-state index in [-0.39, 0.29) is 30.7 Å². The highest BCUT2D eigenvalue weighted by Crippen LogP contribution is 2.29. The number of carbonyl (C=O) groups is 2. The summed E-state index contributed by atoms with van der Waals surface area (Å²) in [6.45, 7) is 3.33. The van der Waals surface area contributed by atoms with E-state index in [4.69, 9.17) is 10.00 Å². The number of fused-ring (bicyclic) bond motifs is 1. The van der Waals surface area contributed by atoms with Crippen molar-refractivity contribution < 1.29 is 19.4 Å². The van der Waals surface area contributed by atoms with E-state index < -0.39 is 6.09 Å². The minimum atomic E-state index is -0.574. The van der Waals surface area contributed by atoms with Gasteiger partial charge in [0.1, 0.15) is 30.9 Å². The number of likely N-dealkylation sites (N-methyl/N-ethyl adjacent to an activating group) is 1. The van der Waals surface area contributed by atoms with E-state index >= 15 is 0 Å². The van der Waals surface area contributed by atoms with Crippen LogP contribution < -0.4 is 4.90 Å². The summed E-state index contributed by atoms with van der Waals surface area (Å²) >= 11 is 0. The Hall–Kier alpha value is -4.13. The molecule has 0 unspecified atom stereocenters. The number of hydrogen-bond acceptors (Lipinski definition) is 8. The fraction of sp³-hybridized carbons (Fsp3) is 0.375. The molecular weight excluding hydrogens is 436 g/mol. The Bertz CT molecular complexity index is 1230. The summed E-state index contributed by atoms with van der Waals surface area (Å²) in [6, 6.07) is 10.1. The molecule has 10 nitrogen and oxygen atoms in total. The van der Waals surface area contributed by atoms with Gasteiger partial charge in [-0.2, -0.15) is 5.26 Å². The number of likely N-dealkylation sites (tertiary alicyclic amines) is 1. The second-order valence-corrected chi connectivity index (χ2v) is 8.46. The average Bonchev–Trinajstić information content (AvgIpc) is 3.28. The van der Waals surface area contributed by atoms with Gasteiger partial charge in [-0.15, -0.1) is 0 Å². The zero-order valence-electron chi connectivity index (χ0n) is 19.1. The Labute approximate surface area is 197 Å². The zero-order chi connectivity index (χ0) is 24.2. The molecule has 0 radical (unpaired) electrons. The molecule has 2 atom stereocenters. The second kappa shape index (κ2) is 9.79. The average molecular weight is 463 g/mol. The van der Waals surface area contributed by atoms with Gasteiger partial charge < -0.3 is 19.6 Å². The lowest BCUT2D eigenvalue weighted by Crippen LogP contribution is -2.52. The van der Waals surface area contributed by atoms with Gasteiger partial charge in [0.15, 0.2) is 5.65 Å². The number of ether oxygens (including phenoxy) is 1. The number of amides is 1. The van der Waals surface area contributed by atoms with Crippen molar-refractivity contribution in [1.82, 2.24) is 19.4 Å². The van der Waals surface area contributed by atoms with E-state index in [9.17, 15) is 14.7 Å². The maximum Gasteiger partial charge on any atom is 0.420 e. The number of nitriles is 1. The van der Waals surface area contributed by atoms with Crippen molar-refractivity contribution in [2.24, 2.45) is 5.92 Å². The van der Waals surface area contributed by atoms with Crippen molar-refractivity contribution in [1.29, 1.82) is 5.26 Å². The van der Waals surface area contributed by atoms with E-state index in [1.54, 1.807) is 29.3 Å². The summed E-state index contributed by atoms with van der Waals surface area (Å²) in [4.78, 5) is 37.5. The Kier molecular flexibility index (Phi) is 6.63. The Morgan fingerprint density at radius 3 is 2.76 bits per heavy atom. The van der Waals surface area contributed by atoms with Crippen LogP contribution in [0.5, 0.6) is 5.75 Å². The van der Waals surface area contributed by atoms with Crippen LogP contribution in [-0.2, 0) is 16.1 Å². The number of anilines is 1. The molecule has 1 aliphatic heterocycles. The van der Waals surface area contributed by atoms with Gasteiger partial charge in [-0.25, -0.2) is 19.3 Å². The first-order valence-corrected chi connectivity index (χ1v) is 11.0. The van der Waals surface area contributed by atoms with Crippen LogP contribution in [0.1, 0.15) is 25.3 Å². The Balaban J connectivity index is 1.53. The molecular formula is C24H26N6O4. The SMILES string of the molecule is C[C@@H]1CCN(C(=O)CC#N)C[C@@H]1N(C)c1ncnc2c1ccn2C(=O)OCc1ccc(O)cc1. The molecule has 1 aliphatic rings. The molecule has 3 heterocycles. The molecule has 1 aromatic carbocycles. The lowest BCUT2D eigenvalue weighted by Gasteiger charge is -2.42. The summed E-state index contributed by atoms with van der Waals surface area (Å²) in [5.41, 5.74) is 1.17. The van der Waals surface area contributed by atoms with Crippen LogP contribution in [0.15, 0.2) is 42.9 Å². The lowest BCUT2D eigenvalue weighted by molar-refractivity contribution is -0.131. The molecule has 176 valence electrons. The number of aromatic nitrogens is 3. The molecule has 10 heteroatoms. The van der Waals surface area contributed by atoms with Crippen molar-refractivity contribution in [2.45, 2.75) is 32.4 Å². The number of benzene rings is 1. The second-order valence-electron chi connectivity index (χ2n) is 8.46. The minimum Gasteiger partial charge on any atom is -0.508 e. The van der Waals surface area contributed by atoms with Gasteiger partial charge in [0.25, 0.3) is 0 Å². The molecule has 0 bridgehead atoms. The summed E-state index contributed by atoms with van der Waals surface area (Å²) in [5, 5.41) is 19.0. The number of phenols is 1. The normalized spacial score (nSPS) is 17.9. The Morgan fingerprint density at radius 1 is 1.26 bits per heavy atom. The lowest BCUT2D eigenvalue weighted by atomic mass is 9.92. The first-order valence-electron chi connectivity index (χ1n) is 11.0. The van der Waals surface area contributed by atoms with Gasteiger partial charge in [-0.1, -0.05) is 19.1 Å². The fourth-order valence-corrected chi connectivity index (χ4v) is 4.29. The number of rotatable bonds is 5. The highest BCUT2D eigenvalue weighted by atomic mass is 16.5. The predicted octanol–water partition coefficient (Wildman–Crippen LogP) is 2.91. The Morgan fingerprint density at radius 2 is 2.03 bits per heavy atom. The molecule has 4 rings (SSSR count). The number of carbonyl (C=O) groups excluding carboxylic acids is 2. The number of piperidine rings is 1. The van der Waals surface area contributed by atoms with Gasteiger partial charge in [-0.05, 0) is 36.1 Å².